The first-order valence-electron chi connectivity index (χ1n) is 7.45. The summed E-state index contributed by atoms with van der Waals surface area (Å²) in [6, 6.07) is 14.0. The van der Waals surface area contributed by atoms with E-state index in [2.05, 4.69) is 48.3 Å². The van der Waals surface area contributed by atoms with E-state index >= 15 is 0 Å². The Labute approximate surface area is 120 Å². The van der Waals surface area contributed by atoms with Crippen LogP contribution in [-0.2, 0) is 19.3 Å². The lowest BCUT2D eigenvalue weighted by molar-refractivity contribution is 0.498. The highest BCUT2D eigenvalue weighted by molar-refractivity contribution is 5.78. The molecule has 0 fully saturated rings. The van der Waals surface area contributed by atoms with Gasteiger partial charge in [-0.1, -0.05) is 42.5 Å². The van der Waals surface area contributed by atoms with Crippen LogP contribution in [0, 0.1) is 0 Å². The van der Waals surface area contributed by atoms with Gasteiger partial charge in [-0.15, -0.1) is 6.58 Å². The Morgan fingerprint density at radius 1 is 1.15 bits per heavy atom. The molecule has 2 aromatic rings. The van der Waals surface area contributed by atoms with Gasteiger partial charge in [-0.2, -0.15) is 0 Å². The SMILES string of the molecule is C=CCc1ccc2c3c1-c1ccccc1CC3NCC2. The summed E-state index contributed by atoms with van der Waals surface area (Å²) < 4.78 is 0. The molecule has 0 aromatic heterocycles. The highest BCUT2D eigenvalue weighted by atomic mass is 14.9. The molecule has 0 bridgehead atoms. The highest BCUT2D eigenvalue weighted by Gasteiger charge is 2.30. The van der Waals surface area contributed by atoms with E-state index in [0.717, 1.165) is 25.8 Å². The van der Waals surface area contributed by atoms with Crippen LogP contribution < -0.4 is 5.32 Å². The quantitative estimate of drug-likeness (QED) is 0.810. The van der Waals surface area contributed by atoms with E-state index in [0.29, 0.717) is 6.04 Å². The van der Waals surface area contributed by atoms with Crippen molar-refractivity contribution in [1.29, 1.82) is 0 Å². The molecular weight excluding hydrogens is 242 g/mol. The van der Waals surface area contributed by atoms with Gasteiger partial charge in [-0.3, -0.25) is 0 Å². The van der Waals surface area contributed by atoms with Crippen LogP contribution in [0.2, 0.25) is 0 Å². The summed E-state index contributed by atoms with van der Waals surface area (Å²) in [6.45, 7) is 5.02. The number of fused-ring (bicyclic) bond motifs is 2. The van der Waals surface area contributed by atoms with Gasteiger partial charge in [0, 0.05) is 6.04 Å². The summed E-state index contributed by atoms with van der Waals surface area (Å²) in [7, 11) is 0. The molecule has 0 spiro atoms. The third kappa shape index (κ3) is 1.66. The number of benzene rings is 2. The normalized spacial score (nSPS) is 19.1. The van der Waals surface area contributed by atoms with Crippen molar-refractivity contribution in [2.24, 2.45) is 0 Å². The van der Waals surface area contributed by atoms with Crippen LogP contribution in [0.5, 0.6) is 0 Å². The Bertz CT molecular complexity index is 684. The van der Waals surface area contributed by atoms with E-state index < -0.39 is 0 Å². The Hall–Kier alpha value is -1.86. The molecular formula is C19H19N. The van der Waals surface area contributed by atoms with Gasteiger partial charge in [0.1, 0.15) is 0 Å². The van der Waals surface area contributed by atoms with Crippen molar-refractivity contribution in [2.45, 2.75) is 25.3 Å². The second kappa shape index (κ2) is 4.60. The van der Waals surface area contributed by atoms with Gasteiger partial charge >= 0.3 is 0 Å². The zero-order valence-corrected chi connectivity index (χ0v) is 11.7. The largest absolute Gasteiger partial charge is 0.309 e. The number of hydrogen-bond acceptors (Lipinski definition) is 1. The third-order valence-corrected chi connectivity index (χ3v) is 4.63. The molecule has 0 amide bonds. The minimum Gasteiger partial charge on any atom is -0.309 e. The topological polar surface area (TPSA) is 12.0 Å². The van der Waals surface area contributed by atoms with Crippen molar-refractivity contribution in [3.63, 3.8) is 0 Å². The van der Waals surface area contributed by atoms with Gasteiger partial charge < -0.3 is 5.32 Å². The van der Waals surface area contributed by atoms with E-state index in [9.17, 15) is 0 Å². The van der Waals surface area contributed by atoms with Crippen LogP contribution in [0.3, 0.4) is 0 Å². The summed E-state index contributed by atoms with van der Waals surface area (Å²) in [5.41, 5.74) is 8.88. The number of hydrogen-bond donors (Lipinski definition) is 1. The van der Waals surface area contributed by atoms with Crippen LogP contribution >= 0.6 is 0 Å². The zero-order chi connectivity index (χ0) is 13.5. The van der Waals surface area contributed by atoms with Crippen molar-refractivity contribution in [3.05, 3.63) is 71.3 Å². The molecule has 1 aliphatic carbocycles. The molecule has 2 aliphatic rings. The predicted molar refractivity (Wildman–Crippen MR) is 83.9 cm³/mol. The van der Waals surface area contributed by atoms with Crippen molar-refractivity contribution in [1.82, 2.24) is 5.32 Å². The van der Waals surface area contributed by atoms with Gasteiger partial charge in [-0.25, -0.2) is 0 Å². The second-order valence-corrected chi connectivity index (χ2v) is 5.78. The summed E-state index contributed by atoms with van der Waals surface area (Å²) in [4.78, 5) is 0. The molecule has 100 valence electrons. The maximum atomic E-state index is 3.92. The van der Waals surface area contributed by atoms with E-state index in [-0.39, 0.29) is 0 Å². The first kappa shape index (κ1) is 11.9. The molecule has 1 heterocycles. The highest BCUT2D eigenvalue weighted by Crippen LogP contribution is 2.43. The minimum atomic E-state index is 0.494. The summed E-state index contributed by atoms with van der Waals surface area (Å²) in [6.07, 6.45) is 5.23. The smallest absolute Gasteiger partial charge is 0.0370 e. The van der Waals surface area contributed by atoms with E-state index in [1.54, 1.807) is 5.56 Å². The number of nitrogens with one attached hydrogen (secondary N) is 1. The van der Waals surface area contributed by atoms with Crippen molar-refractivity contribution in [2.75, 3.05) is 6.54 Å². The molecule has 1 unspecified atom stereocenters. The Balaban J connectivity index is 2.04. The average Bonchev–Trinajstić information content (AvgIpc) is 2.49. The maximum Gasteiger partial charge on any atom is 0.0370 e. The van der Waals surface area contributed by atoms with Crippen LogP contribution in [0.4, 0.5) is 0 Å². The molecule has 0 radical (unpaired) electrons. The molecule has 20 heavy (non-hydrogen) atoms. The number of rotatable bonds is 2. The van der Waals surface area contributed by atoms with Gasteiger partial charge in [0.25, 0.3) is 0 Å². The summed E-state index contributed by atoms with van der Waals surface area (Å²) in [5, 5.41) is 3.70. The van der Waals surface area contributed by atoms with Crippen molar-refractivity contribution < 1.29 is 0 Å². The van der Waals surface area contributed by atoms with Gasteiger partial charge in [0.2, 0.25) is 0 Å². The monoisotopic (exact) mass is 261 g/mol. The van der Waals surface area contributed by atoms with Gasteiger partial charge in [-0.05, 0) is 59.2 Å². The van der Waals surface area contributed by atoms with Crippen molar-refractivity contribution >= 4 is 0 Å². The Kier molecular flexibility index (Phi) is 2.75. The Morgan fingerprint density at radius 2 is 2.05 bits per heavy atom. The second-order valence-electron chi connectivity index (χ2n) is 5.78. The van der Waals surface area contributed by atoms with Crippen LogP contribution in [0.15, 0.2) is 49.1 Å². The first-order chi connectivity index (χ1) is 9.88. The molecule has 0 saturated heterocycles. The molecule has 1 N–H and O–H groups in total. The summed E-state index contributed by atoms with van der Waals surface area (Å²) in [5.74, 6) is 0. The molecule has 2 aromatic carbocycles. The molecule has 0 saturated carbocycles. The maximum absolute atomic E-state index is 3.92. The van der Waals surface area contributed by atoms with Gasteiger partial charge in [0.15, 0.2) is 0 Å². The van der Waals surface area contributed by atoms with Crippen LogP contribution in [0.25, 0.3) is 11.1 Å². The molecule has 1 nitrogen and oxygen atoms in total. The van der Waals surface area contributed by atoms with E-state index in [4.69, 9.17) is 0 Å². The zero-order valence-electron chi connectivity index (χ0n) is 11.7. The fourth-order valence-corrected chi connectivity index (χ4v) is 3.79. The fraction of sp³-hybridized carbons (Fsp3) is 0.263. The Morgan fingerprint density at radius 3 is 2.95 bits per heavy atom. The lowest BCUT2D eigenvalue weighted by atomic mass is 9.76. The lowest BCUT2D eigenvalue weighted by Crippen LogP contribution is -2.34. The first-order valence-corrected chi connectivity index (χ1v) is 7.45. The van der Waals surface area contributed by atoms with Crippen LogP contribution in [0.1, 0.15) is 28.3 Å². The van der Waals surface area contributed by atoms with Crippen molar-refractivity contribution in [3.8, 4) is 11.1 Å². The average molecular weight is 261 g/mol. The summed E-state index contributed by atoms with van der Waals surface area (Å²) >= 11 is 0. The van der Waals surface area contributed by atoms with Gasteiger partial charge in [0.05, 0.1) is 0 Å². The number of allylic oxidation sites excluding steroid dienone is 1. The standard InChI is InChI=1S/C19H19N/c1-2-5-13-8-9-14-10-11-20-17-12-15-6-3-4-7-16(15)18(13)19(14)17/h2-4,6-9,17,20H,1,5,10-12H2. The molecule has 4 rings (SSSR count). The molecule has 1 aliphatic heterocycles. The van der Waals surface area contributed by atoms with E-state index in [1.807, 2.05) is 6.08 Å². The lowest BCUT2D eigenvalue weighted by Gasteiger charge is -2.35. The predicted octanol–water partition coefficient (Wildman–Crippen LogP) is 3.83. The van der Waals surface area contributed by atoms with E-state index in [1.165, 1.54) is 27.8 Å². The minimum absolute atomic E-state index is 0.494. The molecule has 1 atom stereocenters. The third-order valence-electron chi connectivity index (χ3n) is 4.63. The fourth-order valence-electron chi connectivity index (χ4n) is 3.79. The van der Waals surface area contributed by atoms with Crippen LogP contribution in [-0.4, -0.2) is 6.54 Å². The molecule has 1 heteroatoms.